The Balaban J connectivity index is 1.31. The van der Waals surface area contributed by atoms with E-state index in [9.17, 15) is 19.5 Å². The van der Waals surface area contributed by atoms with Crippen LogP contribution in [0.3, 0.4) is 0 Å². The lowest BCUT2D eigenvalue weighted by molar-refractivity contribution is -0.140. The summed E-state index contributed by atoms with van der Waals surface area (Å²) in [6.45, 7) is 0.130. The van der Waals surface area contributed by atoms with E-state index in [1.54, 1.807) is 7.05 Å². The van der Waals surface area contributed by atoms with Crippen molar-refractivity contribution in [3.05, 3.63) is 71.4 Å². The monoisotopic (exact) mass is 478 g/mol. The fourth-order valence-electron chi connectivity index (χ4n) is 4.48. The lowest BCUT2D eigenvalue weighted by atomic mass is 9.98. The van der Waals surface area contributed by atoms with Crippen molar-refractivity contribution in [2.75, 3.05) is 23.6 Å². The second-order valence-electron chi connectivity index (χ2n) is 8.11. The van der Waals surface area contributed by atoms with Crippen LogP contribution in [0.4, 0.5) is 10.6 Å². The van der Waals surface area contributed by atoms with Gasteiger partial charge in [0.1, 0.15) is 24.0 Å². The van der Waals surface area contributed by atoms with E-state index in [1.165, 1.54) is 27.5 Å². The SMILES string of the molecule is Cn1ncc(C(=O)N2CSCC2C(=O)O)c1NC(=O)OCC1c2ccccc2-c2ccccc21. The highest BCUT2D eigenvalue weighted by Crippen LogP contribution is 2.44. The molecule has 5 rings (SSSR count). The Hall–Kier alpha value is -3.79. The maximum absolute atomic E-state index is 13.0. The molecule has 0 radical (unpaired) electrons. The number of ether oxygens (including phenoxy) is 1. The molecule has 2 N–H and O–H groups in total. The summed E-state index contributed by atoms with van der Waals surface area (Å²) in [5, 5.41) is 16.1. The number of rotatable bonds is 5. The predicted molar refractivity (Wildman–Crippen MR) is 127 cm³/mol. The Bertz CT molecular complexity index is 1240. The van der Waals surface area contributed by atoms with E-state index in [1.807, 2.05) is 36.4 Å². The van der Waals surface area contributed by atoms with Crippen molar-refractivity contribution in [2.24, 2.45) is 7.05 Å². The number of aryl methyl sites for hydroxylation is 1. The molecule has 2 aromatic carbocycles. The van der Waals surface area contributed by atoms with Crippen molar-refractivity contribution in [1.82, 2.24) is 14.7 Å². The summed E-state index contributed by atoms with van der Waals surface area (Å²) in [7, 11) is 1.59. The molecule has 34 heavy (non-hydrogen) atoms. The van der Waals surface area contributed by atoms with Crippen molar-refractivity contribution in [1.29, 1.82) is 0 Å². The first-order chi connectivity index (χ1) is 16.5. The van der Waals surface area contributed by atoms with E-state index < -0.39 is 24.0 Å². The van der Waals surface area contributed by atoms with Crippen LogP contribution in [-0.2, 0) is 16.6 Å². The molecule has 1 aromatic heterocycles. The summed E-state index contributed by atoms with van der Waals surface area (Å²) in [5.74, 6) is -0.925. The molecule has 1 atom stereocenters. The van der Waals surface area contributed by atoms with Gasteiger partial charge < -0.3 is 14.7 Å². The van der Waals surface area contributed by atoms with Crippen LogP contribution < -0.4 is 5.32 Å². The number of carboxylic acid groups (broad SMARTS) is 1. The van der Waals surface area contributed by atoms with Gasteiger partial charge in [0.15, 0.2) is 0 Å². The van der Waals surface area contributed by atoms with Crippen LogP contribution in [0.2, 0.25) is 0 Å². The Morgan fingerprint density at radius 3 is 2.41 bits per heavy atom. The highest BCUT2D eigenvalue weighted by Gasteiger charge is 2.37. The first-order valence-corrected chi connectivity index (χ1v) is 11.9. The number of aliphatic carboxylic acids is 1. The van der Waals surface area contributed by atoms with E-state index >= 15 is 0 Å². The zero-order valence-corrected chi connectivity index (χ0v) is 19.1. The number of hydrogen-bond acceptors (Lipinski definition) is 6. The highest BCUT2D eigenvalue weighted by atomic mass is 32.2. The van der Waals surface area contributed by atoms with Crippen LogP contribution in [0.5, 0.6) is 0 Å². The number of carbonyl (C=O) groups is 3. The van der Waals surface area contributed by atoms with E-state index in [0.29, 0.717) is 5.75 Å². The van der Waals surface area contributed by atoms with Gasteiger partial charge in [-0.1, -0.05) is 48.5 Å². The number of aromatic nitrogens is 2. The third kappa shape index (κ3) is 3.79. The number of hydrogen-bond donors (Lipinski definition) is 2. The summed E-state index contributed by atoms with van der Waals surface area (Å²) in [6, 6.07) is 15.2. The van der Waals surface area contributed by atoms with Crippen LogP contribution in [0.15, 0.2) is 54.7 Å². The smallest absolute Gasteiger partial charge is 0.412 e. The first-order valence-electron chi connectivity index (χ1n) is 10.7. The first kappa shape index (κ1) is 22.0. The molecule has 0 saturated carbocycles. The number of nitrogens with one attached hydrogen (secondary N) is 1. The van der Waals surface area contributed by atoms with Gasteiger partial charge in [0, 0.05) is 18.7 Å². The zero-order chi connectivity index (χ0) is 23.8. The number of amides is 2. The third-order valence-electron chi connectivity index (χ3n) is 6.16. The molecule has 10 heteroatoms. The van der Waals surface area contributed by atoms with Gasteiger partial charge in [-0.3, -0.25) is 14.8 Å². The number of carbonyl (C=O) groups excluding carboxylic acids is 2. The second kappa shape index (κ2) is 8.86. The maximum Gasteiger partial charge on any atom is 0.412 e. The number of anilines is 1. The van der Waals surface area contributed by atoms with Gasteiger partial charge >= 0.3 is 12.1 Å². The summed E-state index contributed by atoms with van der Waals surface area (Å²) >= 11 is 1.36. The molecule has 1 fully saturated rings. The number of benzene rings is 2. The van der Waals surface area contributed by atoms with E-state index in [2.05, 4.69) is 22.5 Å². The topological polar surface area (TPSA) is 114 Å². The summed E-state index contributed by atoms with van der Waals surface area (Å²) in [4.78, 5) is 38.5. The number of thioether (sulfide) groups is 1. The van der Waals surface area contributed by atoms with E-state index in [0.717, 1.165) is 22.3 Å². The van der Waals surface area contributed by atoms with Gasteiger partial charge in [0.25, 0.3) is 5.91 Å². The molecule has 1 unspecified atom stereocenters. The van der Waals surface area contributed by atoms with Crippen LogP contribution in [-0.4, -0.2) is 62.0 Å². The molecule has 2 amide bonds. The lowest BCUT2D eigenvalue weighted by Gasteiger charge is -2.20. The fraction of sp³-hybridized carbons (Fsp3) is 0.250. The Labute approximate surface area is 199 Å². The van der Waals surface area contributed by atoms with Gasteiger partial charge in [-0.15, -0.1) is 11.8 Å². The predicted octanol–water partition coefficient (Wildman–Crippen LogP) is 3.38. The van der Waals surface area contributed by atoms with Crippen molar-refractivity contribution < 1.29 is 24.2 Å². The molecular weight excluding hydrogens is 456 g/mol. The van der Waals surface area contributed by atoms with E-state index in [-0.39, 0.29) is 29.8 Å². The minimum Gasteiger partial charge on any atom is -0.480 e. The molecule has 1 aliphatic carbocycles. The number of nitrogens with zero attached hydrogens (tertiary/aromatic N) is 3. The van der Waals surface area contributed by atoms with E-state index in [4.69, 9.17) is 4.74 Å². The quantitative estimate of drug-likeness (QED) is 0.578. The Morgan fingerprint density at radius 1 is 1.12 bits per heavy atom. The van der Waals surface area contributed by atoms with Crippen LogP contribution in [0.25, 0.3) is 11.1 Å². The van der Waals surface area contributed by atoms with Crippen molar-refractivity contribution in [2.45, 2.75) is 12.0 Å². The molecule has 9 nitrogen and oxygen atoms in total. The molecule has 2 aliphatic rings. The number of carboxylic acids is 1. The molecule has 174 valence electrons. The molecular formula is C24H22N4O5S. The largest absolute Gasteiger partial charge is 0.480 e. The Morgan fingerprint density at radius 2 is 1.76 bits per heavy atom. The lowest BCUT2D eigenvalue weighted by Crippen LogP contribution is -2.42. The average molecular weight is 479 g/mol. The summed E-state index contributed by atoms with van der Waals surface area (Å²) < 4.78 is 6.93. The summed E-state index contributed by atoms with van der Waals surface area (Å²) in [5.41, 5.74) is 4.56. The third-order valence-corrected chi connectivity index (χ3v) is 7.17. The second-order valence-corrected chi connectivity index (χ2v) is 9.11. The molecule has 2 heterocycles. The number of fused-ring (bicyclic) bond motifs is 3. The highest BCUT2D eigenvalue weighted by molar-refractivity contribution is 7.99. The standard InChI is InChI=1S/C24H22N4O5S/c1-27-21(18(10-25-27)22(29)28-13-34-12-20(28)23(30)31)26-24(32)33-11-19-16-8-4-2-6-14(16)15-7-3-5-9-17(15)19/h2-10,19-20H,11-13H2,1H3,(H,26,32)(H,30,31). The average Bonchev–Trinajstić information content (AvgIpc) is 3.54. The van der Waals surface area contributed by atoms with Gasteiger partial charge in [-0.2, -0.15) is 5.10 Å². The minimum atomic E-state index is -1.06. The van der Waals surface area contributed by atoms with Gasteiger partial charge in [-0.25, -0.2) is 9.59 Å². The van der Waals surface area contributed by atoms with Gasteiger partial charge in [0.2, 0.25) is 0 Å². The van der Waals surface area contributed by atoms with Gasteiger partial charge in [-0.05, 0) is 22.3 Å². The molecule has 1 saturated heterocycles. The molecule has 0 spiro atoms. The van der Waals surface area contributed by atoms with Crippen LogP contribution >= 0.6 is 11.8 Å². The minimum absolute atomic E-state index is 0.0938. The molecule has 1 aliphatic heterocycles. The fourth-order valence-corrected chi connectivity index (χ4v) is 5.62. The van der Waals surface area contributed by atoms with Gasteiger partial charge in [0.05, 0.1) is 12.1 Å². The Kier molecular flexibility index (Phi) is 5.74. The van der Waals surface area contributed by atoms with Crippen molar-refractivity contribution in [3.8, 4) is 11.1 Å². The summed E-state index contributed by atoms with van der Waals surface area (Å²) in [6.07, 6.45) is 0.605. The van der Waals surface area contributed by atoms with Crippen LogP contribution in [0.1, 0.15) is 27.4 Å². The normalized spacial score (nSPS) is 16.7. The van der Waals surface area contributed by atoms with Crippen molar-refractivity contribution in [3.63, 3.8) is 0 Å². The maximum atomic E-state index is 13.0. The molecule has 3 aromatic rings. The molecule has 0 bridgehead atoms. The zero-order valence-electron chi connectivity index (χ0n) is 18.3. The van der Waals surface area contributed by atoms with Crippen LogP contribution in [0, 0.1) is 0 Å². The van der Waals surface area contributed by atoms with Crippen molar-refractivity contribution >= 4 is 35.5 Å².